The van der Waals surface area contributed by atoms with Gasteiger partial charge in [0, 0.05) is 18.5 Å². The minimum atomic E-state index is -0.740. The summed E-state index contributed by atoms with van der Waals surface area (Å²) in [7, 11) is 0. The first-order valence-electron chi connectivity index (χ1n) is 6.79. The number of hydrogen-bond acceptors (Lipinski definition) is 3. The highest BCUT2D eigenvalue weighted by Crippen LogP contribution is 2.28. The van der Waals surface area contributed by atoms with Crippen LogP contribution in [0.5, 0.6) is 0 Å². The van der Waals surface area contributed by atoms with Gasteiger partial charge >= 0.3 is 5.97 Å². The van der Waals surface area contributed by atoms with Crippen molar-refractivity contribution in [2.75, 3.05) is 0 Å². The monoisotopic (exact) mass is 271 g/mol. The molecule has 104 valence electrons. The number of aliphatic carboxylic acids is 1. The highest BCUT2D eigenvalue weighted by molar-refractivity contribution is 5.70. The van der Waals surface area contributed by atoms with Crippen LogP contribution in [0.2, 0.25) is 0 Å². The van der Waals surface area contributed by atoms with Crippen LogP contribution in [0, 0.1) is 19.8 Å². The van der Waals surface area contributed by atoms with Crippen molar-refractivity contribution >= 4 is 5.97 Å². The molecule has 20 heavy (non-hydrogen) atoms. The number of rotatable bonds is 2. The molecule has 1 aliphatic heterocycles. The summed E-state index contributed by atoms with van der Waals surface area (Å²) in [6, 6.07) is 6.20. The smallest absolute Gasteiger partial charge is 0.308 e. The number of aryl methyl sites for hydroxylation is 3. The minimum absolute atomic E-state index is 0.345. The molecular weight excluding hydrogens is 254 g/mol. The van der Waals surface area contributed by atoms with E-state index in [-0.39, 0.29) is 5.92 Å². The number of carboxylic acid groups (broad SMARTS) is 1. The van der Waals surface area contributed by atoms with E-state index in [0.717, 1.165) is 28.3 Å². The maximum atomic E-state index is 11.2. The minimum Gasteiger partial charge on any atom is -0.481 e. The van der Waals surface area contributed by atoms with Gasteiger partial charge in [-0.25, -0.2) is 0 Å². The molecule has 0 fully saturated rings. The lowest BCUT2D eigenvalue weighted by Gasteiger charge is -2.21. The van der Waals surface area contributed by atoms with Crippen molar-refractivity contribution in [2.24, 2.45) is 5.92 Å². The topological polar surface area (TPSA) is 68.0 Å². The van der Waals surface area contributed by atoms with E-state index in [2.05, 4.69) is 28.4 Å². The Bertz CT molecular complexity index is 676. The summed E-state index contributed by atoms with van der Waals surface area (Å²) >= 11 is 0. The van der Waals surface area contributed by atoms with Crippen molar-refractivity contribution in [2.45, 2.75) is 33.2 Å². The third-order valence-electron chi connectivity index (χ3n) is 3.93. The van der Waals surface area contributed by atoms with Gasteiger partial charge in [0.05, 0.1) is 5.92 Å². The van der Waals surface area contributed by atoms with Gasteiger partial charge < -0.3 is 9.67 Å². The molecule has 1 aromatic carbocycles. The van der Waals surface area contributed by atoms with Crippen molar-refractivity contribution in [3.05, 3.63) is 35.2 Å². The summed E-state index contributed by atoms with van der Waals surface area (Å²) in [5.41, 5.74) is 3.33. The zero-order valence-electron chi connectivity index (χ0n) is 11.6. The number of carbonyl (C=O) groups is 1. The number of benzene rings is 1. The quantitative estimate of drug-likeness (QED) is 0.909. The molecule has 1 unspecified atom stereocenters. The SMILES string of the molecule is Cc1ccc(C)c(-c2nnc3n2CC(C(=O)O)CC3)c1. The van der Waals surface area contributed by atoms with Crippen molar-refractivity contribution in [3.63, 3.8) is 0 Å². The van der Waals surface area contributed by atoms with Crippen LogP contribution in [0.15, 0.2) is 18.2 Å². The number of nitrogens with zero attached hydrogens (tertiary/aromatic N) is 3. The second-order valence-corrected chi connectivity index (χ2v) is 5.44. The first-order chi connectivity index (χ1) is 9.56. The Hall–Kier alpha value is -2.17. The van der Waals surface area contributed by atoms with E-state index in [1.54, 1.807) is 0 Å². The second-order valence-electron chi connectivity index (χ2n) is 5.44. The molecule has 0 saturated heterocycles. The Morgan fingerprint density at radius 1 is 1.35 bits per heavy atom. The standard InChI is InChI=1S/C15H17N3O2/c1-9-3-4-10(2)12(7-9)14-17-16-13-6-5-11(15(19)20)8-18(13)14/h3-4,7,11H,5-6,8H2,1-2H3,(H,19,20). The van der Waals surface area contributed by atoms with Crippen molar-refractivity contribution < 1.29 is 9.90 Å². The van der Waals surface area contributed by atoms with E-state index in [1.165, 1.54) is 0 Å². The molecule has 1 aromatic heterocycles. The molecule has 0 bridgehead atoms. The first-order valence-corrected chi connectivity index (χ1v) is 6.79. The molecule has 3 rings (SSSR count). The lowest BCUT2D eigenvalue weighted by atomic mass is 9.98. The third-order valence-corrected chi connectivity index (χ3v) is 3.93. The van der Waals surface area contributed by atoms with Crippen LogP contribution in [-0.2, 0) is 17.8 Å². The molecule has 0 spiro atoms. The summed E-state index contributed by atoms with van der Waals surface area (Å²) in [5.74, 6) is 0.587. The van der Waals surface area contributed by atoms with Gasteiger partial charge in [0.25, 0.3) is 0 Å². The third kappa shape index (κ3) is 2.09. The zero-order chi connectivity index (χ0) is 14.3. The van der Waals surface area contributed by atoms with Gasteiger partial charge in [-0.1, -0.05) is 17.7 Å². The van der Waals surface area contributed by atoms with Crippen LogP contribution in [0.1, 0.15) is 23.4 Å². The van der Waals surface area contributed by atoms with Gasteiger partial charge in [-0.3, -0.25) is 4.79 Å². The largest absolute Gasteiger partial charge is 0.481 e. The van der Waals surface area contributed by atoms with Crippen LogP contribution in [0.3, 0.4) is 0 Å². The van der Waals surface area contributed by atoms with E-state index >= 15 is 0 Å². The molecule has 0 aliphatic carbocycles. The van der Waals surface area contributed by atoms with Crippen molar-refractivity contribution in [1.82, 2.24) is 14.8 Å². The van der Waals surface area contributed by atoms with E-state index in [0.29, 0.717) is 19.4 Å². The number of carboxylic acids is 1. The number of fused-ring (bicyclic) bond motifs is 1. The van der Waals surface area contributed by atoms with E-state index in [9.17, 15) is 9.90 Å². The molecule has 0 radical (unpaired) electrons. The van der Waals surface area contributed by atoms with Gasteiger partial charge in [-0.2, -0.15) is 0 Å². The summed E-state index contributed by atoms with van der Waals surface area (Å²) in [6.07, 6.45) is 1.31. The average molecular weight is 271 g/mol. The maximum absolute atomic E-state index is 11.2. The fourth-order valence-electron chi connectivity index (χ4n) is 2.70. The van der Waals surface area contributed by atoms with E-state index < -0.39 is 5.97 Å². The van der Waals surface area contributed by atoms with Crippen LogP contribution in [-0.4, -0.2) is 25.8 Å². The number of hydrogen-bond donors (Lipinski definition) is 1. The molecule has 5 nitrogen and oxygen atoms in total. The van der Waals surface area contributed by atoms with Crippen molar-refractivity contribution in [3.8, 4) is 11.4 Å². The Morgan fingerprint density at radius 3 is 2.90 bits per heavy atom. The molecule has 2 heterocycles. The lowest BCUT2D eigenvalue weighted by Crippen LogP contribution is -2.27. The Morgan fingerprint density at radius 2 is 2.15 bits per heavy atom. The summed E-state index contributed by atoms with van der Waals surface area (Å²) in [4.78, 5) is 11.2. The van der Waals surface area contributed by atoms with Gasteiger partial charge in [0.15, 0.2) is 5.82 Å². The highest BCUT2D eigenvalue weighted by atomic mass is 16.4. The molecule has 1 atom stereocenters. The molecule has 2 aromatic rings. The maximum Gasteiger partial charge on any atom is 0.308 e. The molecule has 0 saturated carbocycles. The molecule has 5 heteroatoms. The second kappa shape index (κ2) is 4.74. The fourth-order valence-corrected chi connectivity index (χ4v) is 2.70. The zero-order valence-corrected chi connectivity index (χ0v) is 11.6. The van der Waals surface area contributed by atoms with Crippen LogP contribution < -0.4 is 0 Å². The Kier molecular flexibility index (Phi) is 3.04. The van der Waals surface area contributed by atoms with Gasteiger partial charge in [-0.05, 0) is 31.9 Å². The lowest BCUT2D eigenvalue weighted by molar-refractivity contribution is -0.142. The Labute approximate surface area is 117 Å². The average Bonchev–Trinajstić information content (AvgIpc) is 2.84. The van der Waals surface area contributed by atoms with Crippen molar-refractivity contribution in [1.29, 1.82) is 0 Å². The first kappa shape index (κ1) is 12.8. The summed E-state index contributed by atoms with van der Waals surface area (Å²) in [6.45, 7) is 4.53. The highest BCUT2D eigenvalue weighted by Gasteiger charge is 2.28. The van der Waals surface area contributed by atoms with Gasteiger partial charge in [0.2, 0.25) is 0 Å². The summed E-state index contributed by atoms with van der Waals surface area (Å²) in [5, 5.41) is 17.7. The van der Waals surface area contributed by atoms with E-state index in [1.807, 2.05) is 18.4 Å². The number of aromatic nitrogens is 3. The molecular formula is C15H17N3O2. The van der Waals surface area contributed by atoms with E-state index in [4.69, 9.17) is 0 Å². The van der Waals surface area contributed by atoms with Gasteiger partial charge in [0.1, 0.15) is 5.82 Å². The predicted octanol–water partition coefficient (Wildman–Crippen LogP) is 2.21. The molecule has 0 amide bonds. The van der Waals surface area contributed by atoms with Gasteiger partial charge in [-0.15, -0.1) is 10.2 Å². The van der Waals surface area contributed by atoms with Crippen LogP contribution >= 0.6 is 0 Å². The summed E-state index contributed by atoms with van der Waals surface area (Å²) < 4.78 is 1.96. The predicted molar refractivity (Wildman–Crippen MR) is 74.4 cm³/mol. The molecule has 1 aliphatic rings. The normalized spacial score (nSPS) is 17.8. The van der Waals surface area contributed by atoms with Crippen LogP contribution in [0.25, 0.3) is 11.4 Å². The Balaban J connectivity index is 2.07. The fraction of sp³-hybridized carbons (Fsp3) is 0.400. The molecule has 1 N–H and O–H groups in total. The van der Waals surface area contributed by atoms with Crippen LogP contribution in [0.4, 0.5) is 0 Å².